The van der Waals surface area contributed by atoms with Gasteiger partial charge in [0.2, 0.25) is 0 Å². The first kappa shape index (κ1) is 17.9. The fourth-order valence-corrected chi connectivity index (χ4v) is 2.43. The number of halogens is 1. The number of ether oxygens (including phenoxy) is 2. The van der Waals surface area contributed by atoms with Crippen molar-refractivity contribution < 1.29 is 19.4 Å². The number of hydrogen-bond acceptors (Lipinski definition) is 4. The van der Waals surface area contributed by atoms with Crippen LogP contribution in [0.2, 0.25) is 5.02 Å². The molecule has 2 N–H and O–H groups in total. The maximum Gasteiger partial charge on any atom is 0.335 e. The largest absolute Gasteiger partial charge is 0.493 e. The van der Waals surface area contributed by atoms with Crippen molar-refractivity contribution in [3.8, 4) is 11.5 Å². The molecule has 0 aliphatic carbocycles. The van der Waals surface area contributed by atoms with Gasteiger partial charge in [-0.05, 0) is 36.8 Å². The summed E-state index contributed by atoms with van der Waals surface area (Å²) in [7, 11) is 1.58. The van der Waals surface area contributed by atoms with Gasteiger partial charge < -0.3 is 19.9 Å². The van der Waals surface area contributed by atoms with Crippen molar-refractivity contribution in [1.29, 1.82) is 0 Å². The molecular weight excluding hydrogens is 330 g/mol. The third-order valence-electron chi connectivity index (χ3n) is 3.38. The van der Waals surface area contributed by atoms with Crippen LogP contribution in [-0.4, -0.2) is 24.8 Å². The number of nitrogens with one attached hydrogen (secondary N) is 1. The molecule has 2 rings (SSSR count). The number of rotatable bonds is 8. The lowest BCUT2D eigenvalue weighted by Crippen LogP contribution is -2.06. The summed E-state index contributed by atoms with van der Waals surface area (Å²) in [6.45, 7) is 3.09. The van der Waals surface area contributed by atoms with E-state index in [2.05, 4.69) is 5.32 Å². The second kappa shape index (κ2) is 8.45. The Kier molecular flexibility index (Phi) is 6.32. The van der Waals surface area contributed by atoms with Gasteiger partial charge in [-0.15, -0.1) is 0 Å². The van der Waals surface area contributed by atoms with Crippen molar-refractivity contribution in [1.82, 2.24) is 0 Å². The Balaban J connectivity index is 2.18. The molecule has 128 valence electrons. The third kappa shape index (κ3) is 4.55. The number of hydrogen-bond donors (Lipinski definition) is 2. The lowest BCUT2D eigenvalue weighted by Gasteiger charge is -2.16. The average molecular weight is 350 g/mol. The van der Waals surface area contributed by atoms with E-state index >= 15 is 0 Å². The lowest BCUT2D eigenvalue weighted by molar-refractivity contribution is 0.0697. The SMILES string of the molecule is CCCOc1c(CNc2ccc(C(=O)O)cc2)cc(Cl)cc1OC. The summed E-state index contributed by atoms with van der Waals surface area (Å²) in [6, 6.07) is 10.1. The van der Waals surface area contributed by atoms with Crippen molar-refractivity contribution in [2.45, 2.75) is 19.9 Å². The van der Waals surface area contributed by atoms with Crippen LogP contribution in [0.3, 0.4) is 0 Å². The van der Waals surface area contributed by atoms with Crippen LogP contribution in [-0.2, 0) is 6.54 Å². The molecular formula is C18H20ClNO4. The van der Waals surface area contributed by atoms with E-state index in [9.17, 15) is 4.79 Å². The first-order valence-corrected chi connectivity index (χ1v) is 7.99. The van der Waals surface area contributed by atoms with Gasteiger partial charge in [0, 0.05) is 28.9 Å². The Hall–Kier alpha value is -2.40. The van der Waals surface area contributed by atoms with Crippen LogP contribution >= 0.6 is 11.6 Å². The molecule has 0 aromatic heterocycles. The molecule has 0 bridgehead atoms. The van der Waals surface area contributed by atoms with E-state index in [-0.39, 0.29) is 5.56 Å². The van der Waals surface area contributed by atoms with Gasteiger partial charge in [0.05, 0.1) is 19.3 Å². The normalized spacial score (nSPS) is 10.3. The van der Waals surface area contributed by atoms with Crippen LogP contribution in [0.25, 0.3) is 0 Å². The molecule has 0 atom stereocenters. The van der Waals surface area contributed by atoms with Gasteiger partial charge in [-0.2, -0.15) is 0 Å². The highest BCUT2D eigenvalue weighted by atomic mass is 35.5. The van der Waals surface area contributed by atoms with E-state index in [0.717, 1.165) is 17.7 Å². The molecule has 0 heterocycles. The van der Waals surface area contributed by atoms with Crippen LogP contribution < -0.4 is 14.8 Å². The molecule has 2 aromatic rings. The number of benzene rings is 2. The van der Waals surface area contributed by atoms with Crippen LogP contribution in [0, 0.1) is 0 Å². The Morgan fingerprint density at radius 3 is 2.54 bits per heavy atom. The fraction of sp³-hybridized carbons (Fsp3) is 0.278. The molecule has 5 nitrogen and oxygen atoms in total. The highest BCUT2D eigenvalue weighted by Gasteiger charge is 2.13. The van der Waals surface area contributed by atoms with Gasteiger partial charge in [-0.25, -0.2) is 4.79 Å². The van der Waals surface area contributed by atoms with Gasteiger partial charge in [-0.3, -0.25) is 0 Å². The van der Waals surface area contributed by atoms with Crippen LogP contribution in [0.1, 0.15) is 29.3 Å². The first-order chi connectivity index (χ1) is 11.5. The predicted molar refractivity (Wildman–Crippen MR) is 94.5 cm³/mol. The maximum atomic E-state index is 10.9. The van der Waals surface area contributed by atoms with E-state index in [1.807, 2.05) is 13.0 Å². The number of anilines is 1. The number of aromatic carboxylic acids is 1. The van der Waals surface area contributed by atoms with Gasteiger partial charge in [0.15, 0.2) is 11.5 Å². The summed E-state index contributed by atoms with van der Waals surface area (Å²) in [5.74, 6) is 0.309. The zero-order chi connectivity index (χ0) is 17.5. The summed E-state index contributed by atoms with van der Waals surface area (Å²) in [6.07, 6.45) is 0.884. The van der Waals surface area contributed by atoms with E-state index in [1.54, 1.807) is 37.4 Å². The maximum absolute atomic E-state index is 10.9. The predicted octanol–water partition coefficient (Wildman–Crippen LogP) is 4.45. The monoisotopic (exact) mass is 349 g/mol. The Morgan fingerprint density at radius 2 is 1.96 bits per heavy atom. The summed E-state index contributed by atoms with van der Waals surface area (Å²) in [5.41, 5.74) is 1.92. The molecule has 6 heteroatoms. The number of methoxy groups -OCH3 is 1. The van der Waals surface area contributed by atoms with E-state index in [0.29, 0.717) is 29.7 Å². The van der Waals surface area contributed by atoms with Crippen molar-refractivity contribution in [3.05, 3.63) is 52.5 Å². The van der Waals surface area contributed by atoms with E-state index < -0.39 is 5.97 Å². The molecule has 0 fully saturated rings. The Morgan fingerprint density at radius 1 is 1.25 bits per heavy atom. The fourth-order valence-electron chi connectivity index (χ4n) is 2.20. The molecule has 2 aromatic carbocycles. The van der Waals surface area contributed by atoms with Crippen LogP contribution in [0.4, 0.5) is 5.69 Å². The molecule has 0 spiro atoms. The number of carbonyl (C=O) groups is 1. The smallest absolute Gasteiger partial charge is 0.335 e. The topological polar surface area (TPSA) is 67.8 Å². The summed E-state index contributed by atoms with van der Waals surface area (Å²) in [4.78, 5) is 10.9. The highest BCUT2D eigenvalue weighted by molar-refractivity contribution is 6.30. The number of carboxylic acid groups (broad SMARTS) is 1. The van der Waals surface area contributed by atoms with Crippen molar-refractivity contribution in [2.24, 2.45) is 0 Å². The van der Waals surface area contributed by atoms with Gasteiger partial charge in [0.25, 0.3) is 0 Å². The molecule has 0 unspecified atom stereocenters. The van der Waals surface area contributed by atoms with Gasteiger partial charge >= 0.3 is 5.97 Å². The van der Waals surface area contributed by atoms with Gasteiger partial charge in [-0.1, -0.05) is 18.5 Å². The average Bonchev–Trinajstić information content (AvgIpc) is 2.58. The van der Waals surface area contributed by atoms with Crippen LogP contribution in [0.15, 0.2) is 36.4 Å². The summed E-state index contributed by atoms with van der Waals surface area (Å²) < 4.78 is 11.2. The zero-order valence-corrected chi connectivity index (χ0v) is 14.4. The summed E-state index contributed by atoms with van der Waals surface area (Å²) >= 11 is 6.14. The first-order valence-electron chi connectivity index (χ1n) is 7.61. The molecule has 24 heavy (non-hydrogen) atoms. The minimum Gasteiger partial charge on any atom is -0.493 e. The molecule has 0 amide bonds. The van der Waals surface area contributed by atoms with E-state index in [1.165, 1.54) is 0 Å². The Bertz CT molecular complexity index is 701. The molecule has 0 aliphatic heterocycles. The number of carboxylic acids is 1. The second-order valence-corrected chi connectivity index (χ2v) is 5.62. The Labute approximate surface area is 146 Å². The van der Waals surface area contributed by atoms with Crippen molar-refractivity contribution in [3.63, 3.8) is 0 Å². The van der Waals surface area contributed by atoms with Gasteiger partial charge in [0.1, 0.15) is 0 Å². The van der Waals surface area contributed by atoms with Crippen LogP contribution in [0.5, 0.6) is 11.5 Å². The minimum atomic E-state index is -0.948. The minimum absolute atomic E-state index is 0.247. The standard InChI is InChI=1S/C18H20ClNO4/c1-3-8-24-17-13(9-14(19)10-16(17)23-2)11-20-15-6-4-12(5-7-15)18(21)22/h4-7,9-10,20H,3,8,11H2,1-2H3,(H,21,22). The molecule has 0 radical (unpaired) electrons. The van der Waals surface area contributed by atoms with Crippen molar-refractivity contribution in [2.75, 3.05) is 19.0 Å². The third-order valence-corrected chi connectivity index (χ3v) is 3.60. The molecule has 0 saturated heterocycles. The van der Waals surface area contributed by atoms with Crippen molar-refractivity contribution >= 4 is 23.3 Å². The van der Waals surface area contributed by atoms with E-state index in [4.69, 9.17) is 26.2 Å². The lowest BCUT2D eigenvalue weighted by atomic mass is 10.1. The molecule has 0 saturated carbocycles. The summed E-state index contributed by atoms with van der Waals surface area (Å²) in [5, 5.41) is 12.7. The highest BCUT2D eigenvalue weighted by Crippen LogP contribution is 2.35. The zero-order valence-electron chi connectivity index (χ0n) is 13.6. The second-order valence-electron chi connectivity index (χ2n) is 5.18. The molecule has 0 aliphatic rings. The quantitative estimate of drug-likeness (QED) is 0.737.